The van der Waals surface area contributed by atoms with Crippen molar-refractivity contribution >= 4 is 10.0 Å². The highest BCUT2D eigenvalue weighted by Crippen LogP contribution is 2.20. The average Bonchev–Trinajstić information content (AvgIpc) is 2.64. The van der Waals surface area contributed by atoms with Crippen LogP contribution in [0, 0.1) is 13.8 Å². The van der Waals surface area contributed by atoms with E-state index < -0.39 is 10.0 Å². The summed E-state index contributed by atoms with van der Waals surface area (Å²) in [7, 11) is -3.42. The first-order chi connectivity index (χ1) is 9.93. The van der Waals surface area contributed by atoms with Crippen molar-refractivity contribution < 1.29 is 13.5 Å². The van der Waals surface area contributed by atoms with Gasteiger partial charge in [-0.05, 0) is 50.1 Å². The number of β-amino-alcohol motifs (C(OH)–C–C–N with tert-alkyl or cyclic N) is 1. The monoisotopic (exact) mass is 312 g/mol. The number of aryl methyl sites for hydroxylation is 2. The molecule has 1 aliphatic rings. The summed E-state index contributed by atoms with van der Waals surface area (Å²) in [5, 5.41) is 9.00. The third-order valence-corrected chi connectivity index (χ3v) is 5.67. The predicted octanol–water partition coefficient (Wildman–Crippen LogP) is 0.992. The first-order valence-electron chi connectivity index (χ1n) is 7.35. The third kappa shape index (κ3) is 4.03. The van der Waals surface area contributed by atoms with Crippen LogP contribution >= 0.6 is 0 Å². The van der Waals surface area contributed by atoms with E-state index in [2.05, 4.69) is 4.90 Å². The molecule has 1 N–H and O–H groups in total. The molecule has 1 fully saturated rings. The quantitative estimate of drug-likeness (QED) is 0.901. The number of sulfonamides is 1. The van der Waals surface area contributed by atoms with Crippen molar-refractivity contribution in [3.63, 3.8) is 0 Å². The molecule has 0 bridgehead atoms. The van der Waals surface area contributed by atoms with Crippen molar-refractivity contribution in [3.05, 3.63) is 29.3 Å². The molecule has 5 nitrogen and oxygen atoms in total. The summed E-state index contributed by atoms with van der Waals surface area (Å²) >= 11 is 0. The standard InChI is InChI=1S/C15H24N2O3S/c1-13-10-14(2)12-15(11-13)21(19,20)17-5-3-4-16(6-7-17)8-9-18/h10-12,18H,3-9H2,1-2H3. The number of aliphatic hydroxyl groups excluding tert-OH is 1. The second-order valence-electron chi connectivity index (χ2n) is 5.65. The van der Waals surface area contributed by atoms with Gasteiger partial charge in [0.15, 0.2) is 0 Å². The molecule has 1 heterocycles. The molecule has 6 heteroatoms. The highest BCUT2D eigenvalue weighted by molar-refractivity contribution is 7.89. The molecule has 0 saturated carbocycles. The summed E-state index contributed by atoms with van der Waals surface area (Å²) in [4.78, 5) is 2.49. The minimum atomic E-state index is -3.42. The van der Waals surface area contributed by atoms with Crippen LogP contribution in [0.2, 0.25) is 0 Å². The number of aliphatic hydroxyl groups is 1. The summed E-state index contributed by atoms with van der Waals surface area (Å²) in [6, 6.07) is 5.45. The molecule has 1 aromatic rings. The summed E-state index contributed by atoms with van der Waals surface area (Å²) in [5.74, 6) is 0. The minimum absolute atomic E-state index is 0.115. The molecule has 21 heavy (non-hydrogen) atoms. The molecule has 0 aromatic heterocycles. The van der Waals surface area contributed by atoms with Crippen molar-refractivity contribution in [2.24, 2.45) is 0 Å². The van der Waals surface area contributed by atoms with Crippen LogP contribution in [0.15, 0.2) is 23.1 Å². The van der Waals surface area contributed by atoms with Crippen LogP contribution in [-0.4, -0.2) is 62.1 Å². The molecule has 1 aliphatic heterocycles. The van der Waals surface area contributed by atoms with Gasteiger partial charge in [-0.3, -0.25) is 4.90 Å². The molecular weight excluding hydrogens is 288 g/mol. The SMILES string of the molecule is Cc1cc(C)cc(S(=O)(=O)N2CCCN(CCO)CC2)c1. The van der Waals surface area contributed by atoms with E-state index in [1.165, 1.54) is 0 Å². The highest BCUT2D eigenvalue weighted by atomic mass is 32.2. The third-order valence-electron chi connectivity index (χ3n) is 3.80. The van der Waals surface area contributed by atoms with Crippen LogP contribution in [0.3, 0.4) is 0 Å². The number of hydrogen-bond donors (Lipinski definition) is 1. The Morgan fingerprint density at radius 2 is 1.71 bits per heavy atom. The number of nitrogens with zero attached hydrogens (tertiary/aromatic N) is 2. The van der Waals surface area contributed by atoms with E-state index >= 15 is 0 Å². The molecule has 1 saturated heterocycles. The van der Waals surface area contributed by atoms with Gasteiger partial charge in [-0.2, -0.15) is 4.31 Å². The van der Waals surface area contributed by atoms with Gasteiger partial charge in [0.05, 0.1) is 11.5 Å². The Balaban J connectivity index is 2.19. The smallest absolute Gasteiger partial charge is 0.243 e. The fourth-order valence-electron chi connectivity index (χ4n) is 2.78. The number of benzene rings is 1. The van der Waals surface area contributed by atoms with Gasteiger partial charge in [0.1, 0.15) is 0 Å². The molecule has 0 atom stereocenters. The molecule has 0 amide bonds. The summed E-state index contributed by atoms with van der Waals surface area (Å²) in [5.41, 5.74) is 1.93. The largest absolute Gasteiger partial charge is 0.395 e. The van der Waals surface area contributed by atoms with E-state index in [1.807, 2.05) is 19.9 Å². The zero-order valence-electron chi connectivity index (χ0n) is 12.7. The van der Waals surface area contributed by atoms with Crippen LogP contribution < -0.4 is 0 Å². The topological polar surface area (TPSA) is 60.9 Å². The Bertz CT molecular complexity index is 566. The molecule has 0 unspecified atom stereocenters. The van der Waals surface area contributed by atoms with Crippen LogP contribution in [0.4, 0.5) is 0 Å². The van der Waals surface area contributed by atoms with E-state index in [1.54, 1.807) is 16.4 Å². The highest BCUT2D eigenvalue weighted by Gasteiger charge is 2.27. The van der Waals surface area contributed by atoms with Crippen LogP contribution in [0.25, 0.3) is 0 Å². The Morgan fingerprint density at radius 3 is 2.33 bits per heavy atom. The maximum absolute atomic E-state index is 12.8. The van der Waals surface area contributed by atoms with E-state index in [4.69, 9.17) is 5.11 Å². The molecule has 0 radical (unpaired) electrons. The first-order valence-corrected chi connectivity index (χ1v) is 8.79. The van der Waals surface area contributed by atoms with E-state index in [-0.39, 0.29) is 6.61 Å². The zero-order valence-corrected chi connectivity index (χ0v) is 13.6. The second kappa shape index (κ2) is 6.87. The minimum Gasteiger partial charge on any atom is -0.395 e. The zero-order chi connectivity index (χ0) is 15.5. The summed E-state index contributed by atoms with van der Waals surface area (Å²) in [6.45, 7) is 7.08. The summed E-state index contributed by atoms with van der Waals surface area (Å²) in [6.07, 6.45) is 0.796. The van der Waals surface area contributed by atoms with Crippen LogP contribution in [0.1, 0.15) is 17.5 Å². The molecule has 1 aromatic carbocycles. The predicted molar refractivity (Wildman–Crippen MR) is 82.8 cm³/mol. The molecule has 0 aliphatic carbocycles. The van der Waals surface area contributed by atoms with Crippen molar-refractivity contribution in [2.75, 3.05) is 39.3 Å². The molecular formula is C15H24N2O3S. The lowest BCUT2D eigenvalue weighted by Gasteiger charge is -2.21. The average molecular weight is 312 g/mol. The lowest BCUT2D eigenvalue weighted by Crippen LogP contribution is -2.36. The van der Waals surface area contributed by atoms with Crippen molar-refractivity contribution in [3.8, 4) is 0 Å². The van der Waals surface area contributed by atoms with Gasteiger partial charge in [0.2, 0.25) is 10.0 Å². The van der Waals surface area contributed by atoms with Gasteiger partial charge in [-0.25, -0.2) is 8.42 Å². The van der Waals surface area contributed by atoms with Crippen molar-refractivity contribution in [1.29, 1.82) is 0 Å². The lowest BCUT2D eigenvalue weighted by molar-refractivity contribution is 0.202. The van der Waals surface area contributed by atoms with Gasteiger partial charge in [0.25, 0.3) is 0 Å². The molecule has 2 rings (SSSR count). The Morgan fingerprint density at radius 1 is 1.05 bits per heavy atom. The van der Waals surface area contributed by atoms with E-state index in [0.717, 1.165) is 24.1 Å². The van der Waals surface area contributed by atoms with Crippen LogP contribution in [-0.2, 0) is 10.0 Å². The normalized spacial score (nSPS) is 18.6. The van der Waals surface area contributed by atoms with Gasteiger partial charge < -0.3 is 5.11 Å². The Labute approximate surface area is 127 Å². The second-order valence-corrected chi connectivity index (χ2v) is 7.58. The van der Waals surface area contributed by atoms with Gasteiger partial charge in [-0.15, -0.1) is 0 Å². The summed E-state index contributed by atoms with van der Waals surface area (Å²) < 4.78 is 27.1. The fraction of sp³-hybridized carbons (Fsp3) is 0.600. The Hall–Kier alpha value is -0.950. The van der Waals surface area contributed by atoms with Gasteiger partial charge in [0, 0.05) is 26.2 Å². The fourth-order valence-corrected chi connectivity index (χ4v) is 4.44. The van der Waals surface area contributed by atoms with Crippen LogP contribution in [0.5, 0.6) is 0 Å². The number of hydrogen-bond acceptors (Lipinski definition) is 4. The lowest BCUT2D eigenvalue weighted by atomic mass is 10.2. The number of rotatable bonds is 4. The maximum atomic E-state index is 12.8. The van der Waals surface area contributed by atoms with E-state index in [9.17, 15) is 8.42 Å². The van der Waals surface area contributed by atoms with Crippen molar-refractivity contribution in [1.82, 2.24) is 9.21 Å². The van der Waals surface area contributed by atoms with Gasteiger partial charge >= 0.3 is 0 Å². The molecule has 0 spiro atoms. The molecule has 118 valence electrons. The Kier molecular flexibility index (Phi) is 5.37. The maximum Gasteiger partial charge on any atom is 0.243 e. The van der Waals surface area contributed by atoms with Gasteiger partial charge in [-0.1, -0.05) is 6.07 Å². The first kappa shape index (κ1) is 16.4. The van der Waals surface area contributed by atoms with Crippen molar-refractivity contribution in [2.45, 2.75) is 25.2 Å². The van der Waals surface area contributed by atoms with E-state index in [0.29, 0.717) is 31.1 Å².